The fourth-order valence-corrected chi connectivity index (χ4v) is 2.03. The molecule has 0 aliphatic carbocycles. The molecule has 8 heteroatoms. The number of aromatic amines is 1. The molecule has 2 N–H and O–H groups in total. The van der Waals surface area contributed by atoms with Gasteiger partial charge in [0.2, 0.25) is 6.41 Å². The van der Waals surface area contributed by atoms with Crippen LogP contribution in [0.15, 0.2) is 24.4 Å². The Morgan fingerprint density at radius 2 is 2.04 bits per heavy atom. The van der Waals surface area contributed by atoms with Gasteiger partial charge in [0, 0.05) is 18.9 Å². The van der Waals surface area contributed by atoms with Crippen LogP contribution in [0, 0.1) is 17.1 Å². The molecule has 2 rings (SSSR count). The van der Waals surface area contributed by atoms with E-state index in [0.29, 0.717) is 12.0 Å². The number of anilines is 1. The van der Waals surface area contributed by atoms with E-state index in [1.165, 1.54) is 18.3 Å². The minimum atomic E-state index is -0.676. The van der Waals surface area contributed by atoms with Gasteiger partial charge in [-0.15, -0.1) is 0 Å². The van der Waals surface area contributed by atoms with Gasteiger partial charge in [0.25, 0.3) is 0 Å². The van der Waals surface area contributed by atoms with Crippen LogP contribution in [-0.4, -0.2) is 36.7 Å². The van der Waals surface area contributed by atoms with Gasteiger partial charge in [-0.05, 0) is 45.4 Å². The molecule has 0 aliphatic heterocycles. The summed E-state index contributed by atoms with van der Waals surface area (Å²) >= 11 is 0. The number of nitrogens with zero attached hydrogens (tertiary/aromatic N) is 1. The minimum absolute atomic E-state index is 0.00507. The molecule has 1 aromatic carbocycles. The number of ether oxygens (including phenoxy) is 2. The third-order valence-electron chi connectivity index (χ3n) is 3.57. The van der Waals surface area contributed by atoms with Crippen molar-refractivity contribution in [3.63, 3.8) is 0 Å². The van der Waals surface area contributed by atoms with Crippen molar-refractivity contribution in [1.82, 2.24) is 4.98 Å². The summed E-state index contributed by atoms with van der Waals surface area (Å²) in [5.74, 6) is -1.28. The molecule has 28 heavy (non-hydrogen) atoms. The number of carbonyl (C=O) groups excluding carboxylic acids is 2. The lowest BCUT2D eigenvalue weighted by Gasteiger charge is -2.14. The van der Waals surface area contributed by atoms with Crippen molar-refractivity contribution in [3.05, 3.63) is 41.5 Å². The highest BCUT2D eigenvalue weighted by atomic mass is 19.1. The van der Waals surface area contributed by atoms with Gasteiger partial charge >= 0.3 is 5.97 Å². The number of H-pyrrole nitrogens is 1. The minimum Gasteiger partial charge on any atom is -0.462 e. The van der Waals surface area contributed by atoms with Gasteiger partial charge < -0.3 is 19.8 Å². The summed E-state index contributed by atoms with van der Waals surface area (Å²) < 4.78 is 23.8. The van der Waals surface area contributed by atoms with E-state index >= 15 is 0 Å². The number of methoxy groups -OCH3 is 1. The summed E-state index contributed by atoms with van der Waals surface area (Å²) in [6.07, 6.45) is 1.71. The van der Waals surface area contributed by atoms with E-state index in [0.717, 1.165) is 6.07 Å². The number of esters is 1. The van der Waals surface area contributed by atoms with E-state index in [4.69, 9.17) is 14.7 Å². The molecule has 1 amide bonds. The lowest BCUT2D eigenvalue weighted by molar-refractivity contribution is -0.105. The van der Waals surface area contributed by atoms with Crippen LogP contribution < -0.4 is 5.32 Å². The maximum Gasteiger partial charge on any atom is 0.340 e. The van der Waals surface area contributed by atoms with E-state index in [9.17, 15) is 14.0 Å². The quantitative estimate of drug-likeness (QED) is 0.597. The molecule has 1 aromatic heterocycles. The second-order valence-corrected chi connectivity index (χ2v) is 6.56. The van der Waals surface area contributed by atoms with Crippen molar-refractivity contribution in [3.8, 4) is 17.2 Å². The van der Waals surface area contributed by atoms with E-state index in [1.54, 1.807) is 14.0 Å². The van der Waals surface area contributed by atoms with Gasteiger partial charge in [0.15, 0.2) is 0 Å². The number of nitriles is 1. The molecular formula is C20H24FN3O4. The molecular weight excluding hydrogens is 365 g/mol. The Hall–Kier alpha value is -3.18. The smallest absolute Gasteiger partial charge is 0.340 e. The van der Waals surface area contributed by atoms with Gasteiger partial charge in [-0.25, -0.2) is 9.18 Å². The predicted molar refractivity (Wildman–Crippen MR) is 103 cm³/mol. The molecule has 0 unspecified atom stereocenters. The summed E-state index contributed by atoms with van der Waals surface area (Å²) in [6, 6.07) is 5.90. The highest BCUT2D eigenvalue weighted by Crippen LogP contribution is 2.30. The molecule has 0 radical (unpaired) electrons. The first-order valence-corrected chi connectivity index (χ1v) is 8.52. The van der Waals surface area contributed by atoms with Crippen LogP contribution in [0.3, 0.4) is 0 Å². The van der Waals surface area contributed by atoms with Gasteiger partial charge in [0.1, 0.15) is 17.6 Å². The van der Waals surface area contributed by atoms with E-state index in [-0.39, 0.29) is 34.7 Å². The summed E-state index contributed by atoms with van der Waals surface area (Å²) in [5.41, 5.74) is 0.908. The molecule has 0 saturated heterocycles. The number of amides is 1. The number of hydrogen-bond donors (Lipinski definition) is 2. The third kappa shape index (κ3) is 6.21. The molecule has 2 aromatic rings. The zero-order valence-electron chi connectivity index (χ0n) is 16.6. The van der Waals surface area contributed by atoms with Crippen LogP contribution in [0.5, 0.6) is 0 Å². The van der Waals surface area contributed by atoms with Crippen LogP contribution in [-0.2, 0) is 14.3 Å². The number of aromatic nitrogens is 1. The predicted octanol–water partition coefficient (Wildman–Crippen LogP) is 3.87. The Labute approximate surface area is 163 Å². The summed E-state index contributed by atoms with van der Waals surface area (Å²) in [7, 11) is 1.71. The lowest BCUT2D eigenvalue weighted by Crippen LogP contribution is -2.15. The van der Waals surface area contributed by atoms with Gasteiger partial charge in [0.05, 0.1) is 23.5 Å². The van der Waals surface area contributed by atoms with Crippen molar-refractivity contribution >= 4 is 18.1 Å². The fraction of sp³-hybridized carbons (Fsp3) is 0.350. The number of rotatable bonds is 5. The maximum atomic E-state index is 13.9. The fourth-order valence-electron chi connectivity index (χ4n) is 2.03. The normalized spacial score (nSPS) is 10.3. The Morgan fingerprint density at radius 3 is 2.50 bits per heavy atom. The molecule has 0 atom stereocenters. The topological polar surface area (TPSA) is 104 Å². The number of benzene rings is 1. The number of halogens is 1. The van der Waals surface area contributed by atoms with E-state index in [1.807, 2.05) is 26.8 Å². The molecule has 1 heterocycles. The van der Waals surface area contributed by atoms with Crippen LogP contribution in [0.25, 0.3) is 11.1 Å². The maximum absolute atomic E-state index is 13.9. The highest BCUT2D eigenvalue weighted by molar-refractivity contribution is 5.99. The van der Waals surface area contributed by atoms with Crippen molar-refractivity contribution in [2.75, 3.05) is 19.0 Å². The Bertz CT molecular complexity index is 863. The van der Waals surface area contributed by atoms with Gasteiger partial charge in [-0.2, -0.15) is 5.26 Å². The number of nitrogens with one attached hydrogen (secondary N) is 2. The largest absolute Gasteiger partial charge is 0.462 e. The van der Waals surface area contributed by atoms with Gasteiger partial charge in [-0.1, -0.05) is 6.07 Å². The first-order valence-electron chi connectivity index (χ1n) is 8.52. The third-order valence-corrected chi connectivity index (χ3v) is 3.57. The van der Waals surface area contributed by atoms with E-state index in [2.05, 4.69) is 10.3 Å². The first kappa shape index (κ1) is 22.9. The number of hydrogen-bond acceptors (Lipinski definition) is 5. The average molecular weight is 389 g/mol. The summed E-state index contributed by atoms with van der Waals surface area (Å²) in [4.78, 5) is 25.0. The number of carbonyl (C=O) groups is 2. The Kier molecular flexibility index (Phi) is 8.35. The standard InChI is InChI=1S/C15H12FN3O3.C5H12O/c1-2-22-15(21)10-7-18-13(6-17)14(10)9-3-4-12(19-8-20)11(16)5-9;1-5(2,3)6-4/h3-5,7-8,18H,2H2,1H3,(H,19,20);1-4H3. The van der Waals surface area contributed by atoms with Crippen molar-refractivity contribution in [2.24, 2.45) is 0 Å². The molecule has 0 fully saturated rings. The van der Waals surface area contributed by atoms with Crippen molar-refractivity contribution < 1.29 is 23.5 Å². The zero-order chi connectivity index (χ0) is 21.3. The Balaban J connectivity index is 0.000000568. The summed E-state index contributed by atoms with van der Waals surface area (Å²) in [6.45, 7) is 7.91. The molecule has 7 nitrogen and oxygen atoms in total. The van der Waals surface area contributed by atoms with Gasteiger partial charge in [-0.3, -0.25) is 4.79 Å². The van der Waals surface area contributed by atoms with Crippen molar-refractivity contribution in [2.45, 2.75) is 33.3 Å². The van der Waals surface area contributed by atoms with Crippen LogP contribution in [0.1, 0.15) is 43.7 Å². The molecule has 0 bridgehead atoms. The van der Waals surface area contributed by atoms with Crippen LogP contribution >= 0.6 is 0 Å². The second kappa shape index (κ2) is 10.2. The van der Waals surface area contributed by atoms with Crippen molar-refractivity contribution in [1.29, 1.82) is 5.26 Å². The highest BCUT2D eigenvalue weighted by Gasteiger charge is 2.20. The first-order chi connectivity index (χ1) is 13.2. The Morgan fingerprint density at radius 1 is 1.39 bits per heavy atom. The second-order valence-electron chi connectivity index (χ2n) is 6.56. The monoisotopic (exact) mass is 389 g/mol. The molecule has 0 saturated carbocycles. The average Bonchev–Trinajstić information content (AvgIpc) is 3.08. The molecule has 0 aliphatic rings. The van der Waals surface area contributed by atoms with E-state index < -0.39 is 11.8 Å². The lowest BCUT2D eigenvalue weighted by atomic mass is 10.0. The molecule has 0 spiro atoms. The molecule has 150 valence electrons. The SMILES string of the molecule is CCOC(=O)c1c[nH]c(C#N)c1-c1ccc(NC=O)c(F)c1.COC(C)(C)C. The summed E-state index contributed by atoms with van der Waals surface area (Å²) in [5, 5.41) is 11.3. The zero-order valence-corrected chi connectivity index (χ0v) is 16.6. The van der Waals surface area contributed by atoms with Crippen LogP contribution in [0.4, 0.5) is 10.1 Å². The van der Waals surface area contributed by atoms with Crippen LogP contribution in [0.2, 0.25) is 0 Å².